The van der Waals surface area contributed by atoms with Crippen molar-refractivity contribution in [3.05, 3.63) is 76.8 Å². The average molecular weight is 515 g/mol. The Hall–Kier alpha value is -3.86. The molecule has 4 rings (SSSR count). The van der Waals surface area contributed by atoms with Crippen LogP contribution in [0.5, 0.6) is 11.6 Å². The summed E-state index contributed by atoms with van der Waals surface area (Å²) in [5.74, 6) is 6.56. The van der Waals surface area contributed by atoms with E-state index in [1.165, 1.54) is 21.2 Å². The average Bonchev–Trinajstić information content (AvgIpc) is 3.30. The molecule has 0 aliphatic carbocycles. The number of thiophene rings is 1. The van der Waals surface area contributed by atoms with Gasteiger partial charge in [-0.1, -0.05) is 24.1 Å². The second-order valence-corrected chi connectivity index (χ2v) is 9.54. The third-order valence-electron chi connectivity index (χ3n) is 5.95. The predicted molar refractivity (Wildman–Crippen MR) is 148 cm³/mol. The minimum absolute atomic E-state index is 0.161. The fourth-order valence-corrected chi connectivity index (χ4v) is 5.05. The number of aromatic nitrogens is 1. The van der Waals surface area contributed by atoms with Gasteiger partial charge in [0.25, 0.3) is 0 Å². The summed E-state index contributed by atoms with van der Waals surface area (Å²) in [6.07, 6.45) is 1.85. The van der Waals surface area contributed by atoms with Crippen LogP contribution in [0, 0.1) is 18.8 Å². The zero-order valence-electron chi connectivity index (χ0n) is 21.2. The molecule has 2 aromatic carbocycles. The summed E-state index contributed by atoms with van der Waals surface area (Å²) < 4.78 is 18.0. The fourth-order valence-electron chi connectivity index (χ4n) is 4.11. The summed E-state index contributed by atoms with van der Waals surface area (Å²) >= 11 is 1.73. The number of ether oxygens (including phenoxy) is 3. The number of nitrogens with zero attached hydrogens (tertiary/aromatic N) is 1. The van der Waals surface area contributed by atoms with E-state index in [0.717, 1.165) is 22.4 Å². The zero-order chi connectivity index (χ0) is 26.2. The van der Waals surface area contributed by atoms with Crippen LogP contribution in [0.1, 0.15) is 36.0 Å². The predicted octanol–water partition coefficient (Wildman–Crippen LogP) is 5.86. The standard InChI is InChI=1S/C30H30N2O4S/c1-4-5-22(16-29(31)33)23-7-11-30(32-17-23)36-18-21-6-10-28-26(15-21)27(19-37-28)25-9-8-24(14-20(25)2)35-13-12-34-3/h6-11,14-15,17,19,22H,12-13,16,18H2,1-3H3,(H2,31,33)/t22-/m0/s1. The molecule has 7 heteroatoms. The number of hydrogen-bond donors (Lipinski definition) is 1. The van der Waals surface area contributed by atoms with Crippen LogP contribution in [0.4, 0.5) is 0 Å². The molecule has 190 valence electrons. The molecule has 4 aromatic rings. The van der Waals surface area contributed by atoms with Crippen molar-refractivity contribution in [2.45, 2.75) is 32.8 Å². The van der Waals surface area contributed by atoms with E-state index >= 15 is 0 Å². The van der Waals surface area contributed by atoms with E-state index in [1.807, 2.05) is 12.1 Å². The van der Waals surface area contributed by atoms with Gasteiger partial charge in [0.1, 0.15) is 19.0 Å². The molecule has 0 saturated heterocycles. The molecular formula is C30H30N2O4S. The number of amides is 1. The first-order valence-corrected chi connectivity index (χ1v) is 12.9. The summed E-state index contributed by atoms with van der Waals surface area (Å²) in [7, 11) is 1.66. The molecule has 0 aliphatic rings. The van der Waals surface area contributed by atoms with Gasteiger partial charge in [-0.15, -0.1) is 17.3 Å². The maximum atomic E-state index is 11.4. The van der Waals surface area contributed by atoms with E-state index < -0.39 is 5.91 Å². The number of fused-ring (bicyclic) bond motifs is 1. The molecule has 6 nitrogen and oxygen atoms in total. The smallest absolute Gasteiger partial charge is 0.219 e. The van der Waals surface area contributed by atoms with Gasteiger partial charge in [-0.05, 0) is 65.7 Å². The highest BCUT2D eigenvalue weighted by Crippen LogP contribution is 2.37. The van der Waals surface area contributed by atoms with Crippen molar-refractivity contribution in [2.75, 3.05) is 20.3 Å². The molecule has 1 atom stereocenters. The molecule has 0 spiro atoms. The zero-order valence-corrected chi connectivity index (χ0v) is 22.1. The molecule has 0 aliphatic heterocycles. The van der Waals surface area contributed by atoms with Gasteiger partial charge in [-0.2, -0.15) is 0 Å². The highest BCUT2D eigenvalue weighted by molar-refractivity contribution is 7.17. The van der Waals surface area contributed by atoms with Gasteiger partial charge in [0, 0.05) is 41.4 Å². The number of methoxy groups -OCH3 is 1. The summed E-state index contributed by atoms with van der Waals surface area (Å²) in [6.45, 7) is 5.32. The molecule has 0 unspecified atom stereocenters. The second-order valence-electron chi connectivity index (χ2n) is 8.63. The number of benzene rings is 2. The van der Waals surface area contributed by atoms with E-state index in [0.29, 0.717) is 25.7 Å². The van der Waals surface area contributed by atoms with E-state index in [1.54, 1.807) is 37.6 Å². The Morgan fingerprint density at radius 3 is 2.65 bits per heavy atom. The van der Waals surface area contributed by atoms with Crippen molar-refractivity contribution in [2.24, 2.45) is 5.73 Å². The van der Waals surface area contributed by atoms with Gasteiger partial charge in [0.15, 0.2) is 0 Å². The molecule has 0 bridgehead atoms. The number of carbonyl (C=O) groups is 1. The quantitative estimate of drug-likeness (QED) is 0.200. The Balaban J connectivity index is 1.48. The molecular weight excluding hydrogens is 484 g/mol. The lowest BCUT2D eigenvalue weighted by molar-refractivity contribution is -0.118. The number of nitrogens with two attached hydrogens (primary N) is 1. The van der Waals surface area contributed by atoms with Crippen LogP contribution in [0.25, 0.3) is 21.2 Å². The Morgan fingerprint density at radius 2 is 1.95 bits per heavy atom. The molecule has 1 amide bonds. The topological polar surface area (TPSA) is 83.7 Å². The first kappa shape index (κ1) is 26.2. The van der Waals surface area contributed by atoms with Gasteiger partial charge in [0.05, 0.1) is 12.5 Å². The number of pyridine rings is 1. The van der Waals surface area contributed by atoms with Crippen LogP contribution in [-0.2, 0) is 16.1 Å². The highest BCUT2D eigenvalue weighted by atomic mass is 32.1. The van der Waals surface area contributed by atoms with Crippen LogP contribution in [-0.4, -0.2) is 31.2 Å². The van der Waals surface area contributed by atoms with Crippen LogP contribution in [0.2, 0.25) is 0 Å². The van der Waals surface area contributed by atoms with Crippen molar-refractivity contribution in [3.8, 4) is 34.6 Å². The fraction of sp³-hybridized carbons (Fsp3) is 0.267. The molecule has 2 heterocycles. The van der Waals surface area contributed by atoms with E-state index in [9.17, 15) is 4.79 Å². The minimum atomic E-state index is -0.391. The Labute approximate surface area is 221 Å². The minimum Gasteiger partial charge on any atom is -0.491 e. The number of carbonyl (C=O) groups excluding carboxylic acids is 1. The Kier molecular flexibility index (Phi) is 8.78. The lowest BCUT2D eigenvalue weighted by atomic mass is 9.97. The summed E-state index contributed by atoms with van der Waals surface area (Å²) in [4.78, 5) is 15.8. The van der Waals surface area contributed by atoms with Gasteiger partial charge in [-0.25, -0.2) is 4.98 Å². The number of hydrogen-bond acceptors (Lipinski definition) is 6. The van der Waals surface area contributed by atoms with Crippen molar-refractivity contribution >= 4 is 27.3 Å². The third kappa shape index (κ3) is 6.67. The summed E-state index contributed by atoms with van der Waals surface area (Å²) in [6, 6.07) is 16.3. The van der Waals surface area contributed by atoms with Crippen LogP contribution >= 0.6 is 11.3 Å². The Morgan fingerprint density at radius 1 is 1.08 bits per heavy atom. The SMILES string of the molecule is CC#C[C@@H](CC(N)=O)c1ccc(OCc2ccc3scc(-c4ccc(OCCOC)cc4C)c3c2)nc1. The second kappa shape index (κ2) is 12.4. The normalized spacial score (nSPS) is 11.5. The van der Waals surface area contributed by atoms with Crippen molar-refractivity contribution in [1.82, 2.24) is 4.98 Å². The first-order chi connectivity index (χ1) is 18.0. The molecule has 2 aromatic heterocycles. The van der Waals surface area contributed by atoms with E-state index in [4.69, 9.17) is 19.9 Å². The van der Waals surface area contributed by atoms with E-state index in [2.05, 4.69) is 59.5 Å². The lowest BCUT2D eigenvalue weighted by Crippen LogP contribution is -2.14. The van der Waals surface area contributed by atoms with Crippen LogP contribution in [0.3, 0.4) is 0 Å². The molecule has 0 fully saturated rings. The van der Waals surface area contributed by atoms with Crippen LogP contribution in [0.15, 0.2) is 60.1 Å². The summed E-state index contributed by atoms with van der Waals surface area (Å²) in [5, 5.41) is 3.39. The highest BCUT2D eigenvalue weighted by Gasteiger charge is 2.14. The number of rotatable bonds is 11. The van der Waals surface area contributed by atoms with Crippen molar-refractivity contribution < 1.29 is 19.0 Å². The van der Waals surface area contributed by atoms with Crippen molar-refractivity contribution in [1.29, 1.82) is 0 Å². The van der Waals surface area contributed by atoms with Gasteiger partial charge >= 0.3 is 0 Å². The first-order valence-electron chi connectivity index (χ1n) is 12.0. The largest absolute Gasteiger partial charge is 0.491 e. The van der Waals surface area contributed by atoms with Crippen LogP contribution < -0.4 is 15.2 Å². The Bertz CT molecular complexity index is 1430. The molecule has 37 heavy (non-hydrogen) atoms. The van der Waals surface area contributed by atoms with Gasteiger partial charge in [0.2, 0.25) is 11.8 Å². The monoisotopic (exact) mass is 514 g/mol. The maximum Gasteiger partial charge on any atom is 0.219 e. The lowest BCUT2D eigenvalue weighted by Gasteiger charge is -2.11. The number of aryl methyl sites for hydroxylation is 1. The third-order valence-corrected chi connectivity index (χ3v) is 6.92. The molecule has 0 radical (unpaired) electrons. The summed E-state index contributed by atoms with van der Waals surface area (Å²) in [5.41, 5.74) is 10.8. The maximum absolute atomic E-state index is 11.4. The van der Waals surface area contributed by atoms with Gasteiger partial charge in [-0.3, -0.25) is 4.79 Å². The van der Waals surface area contributed by atoms with E-state index in [-0.39, 0.29) is 12.3 Å². The van der Waals surface area contributed by atoms with Gasteiger partial charge < -0.3 is 19.9 Å². The number of primary amides is 1. The molecule has 0 saturated carbocycles. The molecule has 2 N–H and O–H groups in total. The van der Waals surface area contributed by atoms with Crippen molar-refractivity contribution in [3.63, 3.8) is 0 Å².